The van der Waals surface area contributed by atoms with Gasteiger partial charge in [0.25, 0.3) is 0 Å². The molecule has 4 nitrogen and oxygen atoms in total. The third-order valence-corrected chi connectivity index (χ3v) is 5.49. The number of carbonyl (C=O) groups excluding carboxylic acids is 1. The van der Waals surface area contributed by atoms with Crippen LogP contribution in [0.3, 0.4) is 0 Å². The number of carbonyl (C=O) groups is 1. The van der Waals surface area contributed by atoms with Crippen molar-refractivity contribution in [2.75, 3.05) is 26.9 Å². The van der Waals surface area contributed by atoms with Gasteiger partial charge in [0.2, 0.25) is 0 Å². The van der Waals surface area contributed by atoms with Gasteiger partial charge in [-0.1, -0.05) is 41.1 Å². The number of hydrogen-bond acceptors (Lipinski definition) is 4. The van der Waals surface area contributed by atoms with Gasteiger partial charge in [0.15, 0.2) is 0 Å². The minimum absolute atomic E-state index is 0.239. The Labute approximate surface area is 139 Å². The molecule has 120 valence electrons. The van der Waals surface area contributed by atoms with Crippen molar-refractivity contribution in [1.29, 1.82) is 0 Å². The molecule has 1 unspecified atom stereocenters. The first-order chi connectivity index (χ1) is 10.6. The molecule has 22 heavy (non-hydrogen) atoms. The van der Waals surface area contributed by atoms with Gasteiger partial charge in [0, 0.05) is 12.5 Å². The van der Waals surface area contributed by atoms with Crippen molar-refractivity contribution in [3.63, 3.8) is 0 Å². The molecule has 0 aromatic heterocycles. The molecule has 1 aromatic carbocycles. The zero-order chi connectivity index (χ0) is 15.7. The SMILES string of the molecule is COC(=O)C(Br)c1cccc2c1[C@H](C)CO[C@]21CCCOC1. The number of ether oxygens (including phenoxy) is 3. The van der Waals surface area contributed by atoms with Crippen molar-refractivity contribution in [1.82, 2.24) is 0 Å². The molecule has 0 amide bonds. The molecule has 1 saturated heterocycles. The van der Waals surface area contributed by atoms with Crippen molar-refractivity contribution in [3.8, 4) is 0 Å². The summed E-state index contributed by atoms with van der Waals surface area (Å²) < 4.78 is 16.8. The first-order valence-corrected chi connectivity index (χ1v) is 8.57. The summed E-state index contributed by atoms with van der Waals surface area (Å²) in [6, 6.07) is 6.09. The monoisotopic (exact) mass is 368 g/mol. The summed E-state index contributed by atoms with van der Waals surface area (Å²) >= 11 is 3.48. The van der Waals surface area contributed by atoms with E-state index in [9.17, 15) is 4.79 Å². The minimum Gasteiger partial charge on any atom is -0.468 e. The zero-order valence-corrected chi connectivity index (χ0v) is 14.5. The van der Waals surface area contributed by atoms with E-state index in [1.165, 1.54) is 12.7 Å². The molecule has 3 rings (SSSR count). The van der Waals surface area contributed by atoms with Crippen molar-refractivity contribution in [2.24, 2.45) is 0 Å². The van der Waals surface area contributed by atoms with Crippen molar-refractivity contribution in [3.05, 3.63) is 34.9 Å². The van der Waals surface area contributed by atoms with E-state index in [2.05, 4.69) is 28.9 Å². The second-order valence-electron chi connectivity index (χ2n) is 6.06. The maximum atomic E-state index is 11.9. The third-order valence-electron chi connectivity index (χ3n) is 4.62. The van der Waals surface area contributed by atoms with E-state index in [1.54, 1.807) is 0 Å². The van der Waals surface area contributed by atoms with Crippen LogP contribution in [-0.2, 0) is 24.6 Å². The summed E-state index contributed by atoms with van der Waals surface area (Å²) in [5.41, 5.74) is 2.98. The van der Waals surface area contributed by atoms with Crippen molar-refractivity contribution < 1.29 is 19.0 Å². The van der Waals surface area contributed by atoms with Gasteiger partial charge in [-0.3, -0.25) is 4.79 Å². The van der Waals surface area contributed by atoms with Gasteiger partial charge in [-0.25, -0.2) is 0 Å². The van der Waals surface area contributed by atoms with Crippen molar-refractivity contribution >= 4 is 21.9 Å². The molecule has 2 aliphatic rings. The van der Waals surface area contributed by atoms with Gasteiger partial charge < -0.3 is 14.2 Å². The van der Waals surface area contributed by atoms with Crippen LogP contribution >= 0.6 is 15.9 Å². The van der Waals surface area contributed by atoms with E-state index in [0.29, 0.717) is 13.2 Å². The lowest BCUT2D eigenvalue weighted by Gasteiger charge is -2.44. The molecule has 1 fully saturated rings. The highest BCUT2D eigenvalue weighted by Gasteiger charge is 2.43. The normalized spacial score (nSPS) is 29.0. The number of hydrogen-bond donors (Lipinski definition) is 0. The molecule has 0 bridgehead atoms. The topological polar surface area (TPSA) is 44.8 Å². The summed E-state index contributed by atoms with van der Waals surface area (Å²) in [6.45, 7) is 4.16. The van der Waals surface area contributed by atoms with E-state index < -0.39 is 4.83 Å². The molecular formula is C17H21BrO4. The van der Waals surface area contributed by atoms with Gasteiger partial charge in [-0.15, -0.1) is 0 Å². The fourth-order valence-corrected chi connectivity index (χ4v) is 4.11. The van der Waals surface area contributed by atoms with Crippen LogP contribution in [0.5, 0.6) is 0 Å². The standard InChI is InChI=1S/C17H21BrO4/c1-11-9-22-17(7-4-8-21-10-17)13-6-3-5-12(14(11)13)15(18)16(19)20-2/h3,5-6,11,15H,4,7-10H2,1-2H3/t11-,15?,17+/m1/s1. The Morgan fingerprint density at radius 3 is 3.00 bits per heavy atom. The number of rotatable bonds is 2. The molecule has 2 aliphatic heterocycles. The summed E-state index contributed by atoms with van der Waals surface area (Å²) in [5, 5.41) is 0. The van der Waals surface area contributed by atoms with Gasteiger partial charge >= 0.3 is 5.97 Å². The Kier molecular flexibility index (Phi) is 4.57. The zero-order valence-electron chi connectivity index (χ0n) is 12.9. The largest absolute Gasteiger partial charge is 0.468 e. The molecule has 0 saturated carbocycles. The maximum Gasteiger partial charge on any atom is 0.324 e. The van der Waals surface area contributed by atoms with E-state index in [4.69, 9.17) is 14.2 Å². The summed E-state index contributed by atoms with van der Waals surface area (Å²) in [6.07, 6.45) is 1.95. The maximum absolute atomic E-state index is 11.9. The average Bonchev–Trinajstić information content (AvgIpc) is 2.57. The first kappa shape index (κ1) is 16.0. The number of halogens is 1. The lowest BCUT2D eigenvalue weighted by molar-refractivity contribution is -0.146. The predicted octanol–water partition coefficient (Wildman–Crippen LogP) is 3.44. The van der Waals surface area contributed by atoms with Crippen LogP contribution in [0.2, 0.25) is 0 Å². The van der Waals surface area contributed by atoms with Gasteiger partial charge in [-0.2, -0.15) is 0 Å². The second kappa shape index (κ2) is 6.30. The van der Waals surface area contributed by atoms with Crippen LogP contribution in [0.25, 0.3) is 0 Å². The van der Waals surface area contributed by atoms with E-state index in [0.717, 1.165) is 30.6 Å². The molecule has 0 N–H and O–H groups in total. The Bertz CT molecular complexity index is 566. The molecule has 1 spiro atoms. The fourth-order valence-electron chi connectivity index (χ4n) is 3.52. The summed E-state index contributed by atoms with van der Waals surface area (Å²) in [4.78, 5) is 11.5. The number of benzene rings is 1. The van der Waals surface area contributed by atoms with Crippen LogP contribution < -0.4 is 0 Å². The quantitative estimate of drug-likeness (QED) is 0.592. The van der Waals surface area contributed by atoms with Crippen LogP contribution in [0.4, 0.5) is 0 Å². The highest BCUT2D eigenvalue weighted by atomic mass is 79.9. The summed E-state index contributed by atoms with van der Waals surface area (Å²) in [5.74, 6) is -0.0375. The van der Waals surface area contributed by atoms with Gasteiger partial charge in [0.1, 0.15) is 10.4 Å². The lowest BCUT2D eigenvalue weighted by atomic mass is 9.77. The fraction of sp³-hybridized carbons (Fsp3) is 0.588. The van der Waals surface area contributed by atoms with E-state index in [1.807, 2.05) is 12.1 Å². The number of methoxy groups -OCH3 is 1. The second-order valence-corrected chi connectivity index (χ2v) is 6.97. The smallest absolute Gasteiger partial charge is 0.324 e. The molecule has 3 atom stereocenters. The van der Waals surface area contributed by atoms with Crippen LogP contribution in [0, 0.1) is 0 Å². The number of esters is 1. The van der Waals surface area contributed by atoms with Gasteiger partial charge in [0.05, 0.1) is 20.3 Å². The van der Waals surface area contributed by atoms with E-state index >= 15 is 0 Å². The molecule has 2 heterocycles. The first-order valence-electron chi connectivity index (χ1n) is 7.66. The third kappa shape index (κ3) is 2.59. The molecule has 0 aliphatic carbocycles. The van der Waals surface area contributed by atoms with E-state index in [-0.39, 0.29) is 17.5 Å². The summed E-state index contributed by atoms with van der Waals surface area (Å²) in [7, 11) is 1.41. The Balaban J connectivity index is 2.09. The van der Waals surface area contributed by atoms with Gasteiger partial charge in [-0.05, 0) is 29.5 Å². The molecule has 5 heteroatoms. The number of fused-ring (bicyclic) bond motifs is 2. The average molecular weight is 369 g/mol. The number of alkyl halides is 1. The van der Waals surface area contributed by atoms with Crippen molar-refractivity contribution in [2.45, 2.75) is 36.1 Å². The Hall–Kier alpha value is -0.910. The van der Waals surface area contributed by atoms with Crippen LogP contribution in [-0.4, -0.2) is 32.9 Å². The van der Waals surface area contributed by atoms with Crippen LogP contribution in [0.15, 0.2) is 18.2 Å². The Morgan fingerprint density at radius 2 is 2.32 bits per heavy atom. The Morgan fingerprint density at radius 1 is 1.50 bits per heavy atom. The molecular weight excluding hydrogens is 348 g/mol. The minimum atomic E-state index is -0.449. The highest BCUT2D eigenvalue weighted by molar-refractivity contribution is 9.09. The molecule has 1 aromatic rings. The lowest BCUT2D eigenvalue weighted by Crippen LogP contribution is -2.44. The van der Waals surface area contributed by atoms with Crippen LogP contribution in [0.1, 0.15) is 47.2 Å². The highest BCUT2D eigenvalue weighted by Crippen LogP contribution is 2.46. The molecule has 0 radical (unpaired) electrons. The predicted molar refractivity (Wildman–Crippen MR) is 86.2 cm³/mol.